The number of aromatic nitrogens is 1. The molecular formula is C17H17NO4S. The first-order chi connectivity index (χ1) is 10.9. The average Bonchev–Trinajstić information content (AvgIpc) is 2.93. The third-order valence-electron chi connectivity index (χ3n) is 4.03. The molecule has 0 radical (unpaired) electrons. The van der Waals surface area contributed by atoms with Gasteiger partial charge in [0.1, 0.15) is 0 Å². The molecule has 1 aliphatic carbocycles. The van der Waals surface area contributed by atoms with Crippen molar-refractivity contribution in [2.45, 2.75) is 31.1 Å². The maximum Gasteiger partial charge on any atom is 0.328 e. The van der Waals surface area contributed by atoms with E-state index in [9.17, 15) is 13.2 Å². The first-order valence-corrected chi connectivity index (χ1v) is 8.80. The molecule has 5 nitrogen and oxygen atoms in total. The second kappa shape index (κ2) is 5.70. The van der Waals surface area contributed by atoms with Crippen molar-refractivity contribution in [1.29, 1.82) is 0 Å². The van der Waals surface area contributed by atoms with Gasteiger partial charge in [0.05, 0.1) is 4.90 Å². The molecule has 0 saturated carbocycles. The molecule has 1 N–H and O–H groups in total. The van der Waals surface area contributed by atoms with E-state index in [1.165, 1.54) is 16.2 Å². The highest BCUT2D eigenvalue weighted by molar-refractivity contribution is 7.90. The second-order valence-corrected chi connectivity index (χ2v) is 7.47. The summed E-state index contributed by atoms with van der Waals surface area (Å²) in [4.78, 5) is 11.2. The van der Waals surface area contributed by atoms with Gasteiger partial charge in [0.2, 0.25) is 0 Å². The number of aryl methyl sites for hydroxylation is 1. The van der Waals surface area contributed by atoms with Gasteiger partial charge in [-0.2, -0.15) is 0 Å². The number of hydrogen-bond acceptors (Lipinski definition) is 3. The number of carboxylic acid groups (broad SMARTS) is 1. The van der Waals surface area contributed by atoms with Crippen molar-refractivity contribution >= 4 is 21.6 Å². The summed E-state index contributed by atoms with van der Waals surface area (Å²) < 4.78 is 26.9. The van der Waals surface area contributed by atoms with Crippen molar-refractivity contribution in [2.24, 2.45) is 0 Å². The van der Waals surface area contributed by atoms with Gasteiger partial charge < -0.3 is 5.11 Å². The van der Waals surface area contributed by atoms with Crippen LogP contribution in [0.2, 0.25) is 0 Å². The van der Waals surface area contributed by atoms with Gasteiger partial charge in [-0.15, -0.1) is 0 Å². The molecule has 1 aliphatic rings. The van der Waals surface area contributed by atoms with Gasteiger partial charge in [-0.1, -0.05) is 17.7 Å². The summed E-state index contributed by atoms with van der Waals surface area (Å²) in [6.07, 6.45) is 4.68. The molecule has 0 bridgehead atoms. The van der Waals surface area contributed by atoms with Crippen LogP contribution in [0.1, 0.15) is 29.7 Å². The smallest absolute Gasteiger partial charge is 0.328 e. The van der Waals surface area contributed by atoms with Crippen LogP contribution in [0.15, 0.2) is 47.5 Å². The predicted octanol–water partition coefficient (Wildman–Crippen LogP) is 2.84. The van der Waals surface area contributed by atoms with Gasteiger partial charge in [-0.05, 0) is 55.5 Å². The molecule has 23 heavy (non-hydrogen) atoms. The van der Waals surface area contributed by atoms with E-state index in [0.29, 0.717) is 29.7 Å². The van der Waals surface area contributed by atoms with Gasteiger partial charge in [0.15, 0.2) is 0 Å². The molecule has 120 valence electrons. The Morgan fingerprint density at radius 1 is 1.17 bits per heavy atom. The molecule has 0 amide bonds. The van der Waals surface area contributed by atoms with E-state index in [0.717, 1.165) is 12.0 Å². The Balaban J connectivity index is 2.10. The first kappa shape index (κ1) is 15.6. The molecule has 0 atom stereocenters. The highest BCUT2D eigenvalue weighted by atomic mass is 32.2. The molecule has 0 aliphatic heterocycles. The number of fused-ring (bicyclic) bond motifs is 1. The number of carboxylic acids is 1. The molecular weight excluding hydrogens is 314 g/mol. The number of benzene rings is 1. The minimum absolute atomic E-state index is 0.232. The first-order valence-electron chi connectivity index (χ1n) is 7.36. The fraction of sp³-hybridized carbons (Fsp3) is 0.235. The normalized spacial score (nSPS) is 16.3. The lowest BCUT2D eigenvalue weighted by Crippen LogP contribution is -2.17. The van der Waals surface area contributed by atoms with E-state index in [2.05, 4.69) is 0 Å². The maximum atomic E-state index is 12.8. The van der Waals surface area contributed by atoms with Crippen LogP contribution in [0.5, 0.6) is 0 Å². The minimum Gasteiger partial charge on any atom is -0.478 e. The van der Waals surface area contributed by atoms with E-state index in [1.54, 1.807) is 30.3 Å². The van der Waals surface area contributed by atoms with Gasteiger partial charge >= 0.3 is 5.97 Å². The molecule has 1 heterocycles. The fourth-order valence-corrected chi connectivity index (χ4v) is 4.32. The van der Waals surface area contributed by atoms with Crippen molar-refractivity contribution < 1.29 is 18.3 Å². The molecule has 2 aromatic rings. The van der Waals surface area contributed by atoms with Crippen molar-refractivity contribution in [3.05, 3.63) is 59.4 Å². The van der Waals surface area contributed by atoms with Gasteiger partial charge in [0, 0.05) is 18.0 Å². The molecule has 3 rings (SSSR count). The summed E-state index contributed by atoms with van der Waals surface area (Å²) in [5, 5.41) is 8.96. The highest BCUT2D eigenvalue weighted by Crippen LogP contribution is 2.33. The number of aliphatic carboxylic acids is 1. The SMILES string of the molecule is Cc1ccc(S(=O)(=O)n2ccc3c2CCCC3=CC(=O)O)cc1. The summed E-state index contributed by atoms with van der Waals surface area (Å²) in [5.74, 6) is -1.01. The topological polar surface area (TPSA) is 76.4 Å². The summed E-state index contributed by atoms with van der Waals surface area (Å²) in [7, 11) is -3.66. The van der Waals surface area contributed by atoms with E-state index < -0.39 is 16.0 Å². The summed E-state index contributed by atoms with van der Waals surface area (Å²) in [5.41, 5.74) is 3.04. The number of rotatable bonds is 3. The van der Waals surface area contributed by atoms with Crippen molar-refractivity contribution in [2.75, 3.05) is 0 Å². The maximum absolute atomic E-state index is 12.8. The summed E-state index contributed by atoms with van der Waals surface area (Å²) in [6.45, 7) is 1.90. The lowest BCUT2D eigenvalue weighted by molar-refractivity contribution is -0.131. The van der Waals surface area contributed by atoms with Crippen LogP contribution in [0, 0.1) is 6.92 Å². The van der Waals surface area contributed by atoms with E-state index >= 15 is 0 Å². The summed E-state index contributed by atoms with van der Waals surface area (Å²) >= 11 is 0. The summed E-state index contributed by atoms with van der Waals surface area (Å²) in [6, 6.07) is 8.40. The average molecular weight is 331 g/mol. The van der Waals surface area contributed by atoms with Crippen LogP contribution in [0.3, 0.4) is 0 Å². The zero-order valence-corrected chi connectivity index (χ0v) is 13.5. The van der Waals surface area contributed by atoms with E-state index in [-0.39, 0.29) is 4.90 Å². The van der Waals surface area contributed by atoms with Crippen LogP contribution >= 0.6 is 0 Å². The van der Waals surface area contributed by atoms with E-state index in [1.807, 2.05) is 6.92 Å². The molecule has 0 spiro atoms. The second-order valence-electron chi connectivity index (χ2n) is 5.65. The molecule has 0 saturated heterocycles. The third kappa shape index (κ3) is 2.82. The predicted molar refractivity (Wildman–Crippen MR) is 86.7 cm³/mol. The minimum atomic E-state index is -3.66. The van der Waals surface area contributed by atoms with E-state index in [4.69, 9.17) is 5.11 Å². The quantitative estimate of drug-likeness (QED) is 0.878. The van der Waals surface area contributed by atoms with Crippen molar-refractivity contribution in [3.8, 4) is 0 Å². The van der Waals surface area contributed by atoms with Crippen LogP contribution in [-0.2, 0) is 21.2 Å². The van der Waals surface area contributed by atoms with Gasteiger partial charge in [0.25, 0.3) is 10.0 Å². The van der Waals surface area contributed by atoms with Gasteiger partial charge in [-0.3, -0.25) is 0 Å². The highest BCUT2D eigenvalue weighted by Gasteiger charge is 2.25. The van der Waals surface area contributed by atoms with Crippen LogP contribution in [-0.4, -0.2) is 23.5 Å². The van der Waals surface area contributed by atoms with Crippen LogP contribution < -0.4 is 0 Å². The molecule has 0 fully saturated rings. The molecule has 1 aromatic carbocycles. The molecule has 6 heteroatoms. The largest absolute Gasteiger partial charge is 0.478 e. The van der Waals surface area contributed by atoms with Crippen LogP contribution in [0.4, 0.5) is 0 Å². The molecule has 1 aromatic heterocycles. The Morgan fingerprint density at radius 2 is 1.87 bits per heavy atom. The lowest BCUT2D eigenvalue weighted by atomic mass is 9.92. The zero-order chi connectivity index (χ0) is 16.6. The number of carbonyl (C=O) groups is 1. The van der Waals surface area contributed by atoms with Gasteiger partial charge in [-0.25, -0.2) is 17.2 Å². The molecule has 0 unspecified atom stereocenters. The lowest BCUT2D eigenvalue weighted by Gasteiger charge is -2.18. The van der Waals surface area contributed by atoms with Crippen LogP contribution in [0.25, 0.3) is 5.57 Å². The number of allylic oxidation sites excluding steroid dienone is 1. The van der Waals surface area contributed by atoms with Crippen molar-refractivity contribution in [1.82, 2.24) is 3.97 Å². The Kier molecular flexibility index (Phi) is 3.85. The Hall–Kier alpha value is -2.34. The zero-order valence-electron chi connectivity index (χ0n) is 12.7. The number of hydrogen-bond donors (Lipinski definition) is 1. The Morgan fingerprint density at radius 3 is 2.52 bits per heavy atom. The standard InChI is InChI=1S/C17H17NO4S/c1-12-5-7-14(8-6-12)23(21,22)18-10-9-15-13(11-17(19)20)3-2-4-16(15)18/h5-11H,2-4H2,1H3,(H,19,20). The van der Waals surface area contributed by atoms with Crippen molar-refractivity contribution in [3.63, 3.8) is 0 Å². The third-order valence-corrected chi connectivity index (χ3v) is 5.76. The fourth-order valence-electron chi connectivity index (χ4n) is 2.91. The monoisotopic (exact) mass is 331 g/mol. The number of nitrogens with zero attached hydrogens (tertiary/aromatic N) is 1. The Bertz CT molecular complexity index is 889. The Labute approximate surface area is 134 Å².